The highest BCUT2D eigenvalue weighted by molar-refractivity contribution is 6.03. The second-order valence-corrected chi connectivity index (χ2v) is 6.36. The molecule has 0 bridgehead atoms. The van der Waals surface area contributed by atoms with Crippen molar-refractivity contribution in [1.82, 2.24) is 5.32 Å². The van der Waals surface area contributed by atoms with Gasteiger partial charge >= 0.3 is 0 Å². The maximum atomic E-state index is 12.7. The molecule has 0 spiro atoms. The molecular formula is C21H24N2O5. The van der Waals surface area contributed by atoms with Gasteiger partial charge in [-0.15, -0.1) is 0 Å². The lowest BCUT2D eigenvalue weighted by atomic mass is 10.1. The first-order valence-electron chi connectivity index (χ1n) is 9.12. The van der Waals surface area contributed by atoms with E-state index in [9.17, 15) is 9.59 Å². The van der Waals surface area contributed by atoms with Gasteiger partial charge < -0.3 is 19.5 Å². The average molecular weight is 384 g/mol. The van der Waals surface area contributed by atoms with Crippen LogP contribution in [0.2, 0.25) is 0 Å². The van der Waals surface area contributed by atoms with Crippen molar-refractivity contribution < 1.29 is 23.8 Å². The lowest BCUT2D eigenvalue weighted by Crippen LogP contribution is -2.49. The predicted octanol–water partition coefficient (Wildman–Crippen LogP) is 2.52. The van der Waals surface area contributed by atoms with Gasteiger partial charge in [-0.1, -0.05) is 19.1 Å². The molecule has 3 rings (SSSR count). The van der Waals surface area contributed by atoms with Crippen LogP contribution in [-0.2, 0) is 16.1 Å². The van der Waals surface area contributed by atoms with Gasteiger partial charge in [-0.3, -0.25) is 14.5 Å². The Balaban J connectivity index is 1.72. The molecule has 2 aromatic rings. The Morgan fingerprint density at radius 1 is 1.18 bits per heavy atom. The van der Waals surface area contributed by atoms with Crippen molar-refractivity contribution in [2.75, 3.05) is 25.7 Å². The molecule has 1 N–H and O–H groups in total. The van der Waals surface area contributed by atoms with Crippen LogP contribution in [0.25, 0.3) is 0 Å². The molecule has 7 heteroatoms. The number of benzene rings is 2. The minimum absolute atomic E-state index is 0.0814. The van der Waals surface area contributed by atoms with E-state index in [4.69, 9.17) is 14.2 Å². The molecule has 28 heavy (non-hydrogen) atoms. The van der Waals surface area contributed by atoms with E-state index in [1.54, 1.807) is 44.6 Å². The summed E-state index contributed by atoms with van der Waals surface area (Å²) in [4.78, 5) is 26.7. The van der Waals surface area contributed by atoms with Crippen LogP contribution in [0.1, 0.15) is 18.9 Å². The van der Waals surface area contributed by atoms with E-state index in [0.717, 1.165) is 5.56 Å². The number of methoxy groups -OCH3 is 2. The molecule has 1 aliphatic rings. The number of anilines is 1. The Kier molecular flexibility index (Phi) is 6.03. The molecule has 0 radical (unpaired) electrons. The number of nitrogens with one attached hydrogen (secondary N) is 1. The second kappa shape index (κ2) is 8.65. The summed E-state index contributed by atoms with van der Waals surface area (Å²) in [5.74, 6) is 1.45. The summed E-state index contributed by atoms with van der Waals surface area (Å²) in [5.41, 5.74) is 1.39. The molecule has 2 aromatic carbocycles. The molecule has 0 aliphatic carbocycles. The first kappa shape index (κ1) is 19.5. The molecule has 7 nitrogen and oxygen atoms in total. The lowest BCUT2D eigenvalue weighted by molar-refractivity contribution is -0.129. The van der Waals surface area contributed by atoms with E-state index in [-0.39, 0.29) is 24.9 Å². The van der Waals surface area contributed by atoms with Crippen LogP contribution < -0.4 is 24.4 Å². The Labute approximate surface area is 164 Å². The normalized spacial score (nSPS) is 15.5. The summed E-state index contributed by atoms with van der Waals surface area (Å²) >= 11 is 0. The van der Waals surface area contributed by atoms with Gasteiger partial charge in [0.2, 0.25) is 5.91 Å². The van der Waals surface area contributed by atoms with Crippen LogP contribution in [0.4, 0.5) is 5.69 Å². The molecule has 0 saturated heterocycles. The minimum Gasteiger partial charge on any atom is -0.497 e. The summed E-state index contributed by atoms with van der Waals surface area (Å²) in [6, 6.07) is 12.6. The van der Waals surface area contributed by atoms with Gasteiger partial charge in [0.15, 0.2) is 6.10 Å². The highest BCUT2D eigenvalue weighted by Gasteiger charge is 2.34. The predicted molar refractivity (Wildman–Crippen MR) is 105 cm³/mol. The van der Waals surface area contributed by atoms with E-state index in [0.29, 0.717) is 29.4 Å². The summed E-state index contributed by atoms with van der Waals surface area (Å²) in [5, 5.41) is 2.85. The maximum absolute atomic E-state index is 12.7. The first-order chi connectivity index (χ1) is 13.6. The van der Waals surface area contributed by atoms with E-state index in [1.807, 2.05) is 19.1 Å². The average Bonchev–Trinajstić information content (AvgIpc) is 2.73. The van der Waals surface area contributed by atoms with Crippen LogP contribution in [0.15, 0.2) is 42.5 Å². The monoisotopic (exact) mass is 384 g/mol. The standard InChI is InChI=1S/C21H24N2O5/c1-4-17-21(25)23(16-7-5-6-8-19(16)28-17)13-20(24)22-12-14-11-15(26-2)9-10-18(14)27-3/h5-11,17H,4,12-13H2,1-3H3,(H,22,24)/t17-/m1/s1. The largest absolute Gasteiger partial charge is 0.497 e. The molecule has 1 heterocycles. The minimum atomic E-state index is -0.582. The summed E-state index contributed by atoms with van der Waals surface area (Å²) in [6.07, 6.45) is -0.0482. The number of carbonyl (C=O) groups excluding carboxylic acids is 2. The van der Waals surface area contributed by atoms with Crippen molar-refractivity contribution in [3.63, 3.8) is 0 Å². The maximum Gasteiger partial charge on any atom is 0.268 e. The van der Waals surface area contributed by atoms with Crippen LogP contribution in [0.3, 0.4) is 0 Å². The quantitative estimate of drug-likeness (QED) is 0.794. The fourth-order valence-corrected chi connectivity index (χ4v) is 3.11. The van der Waals surface area contributed by atoms with E-state index in [1.165, 1.54) is 4.90 Å². The molecular weight excluding hydrogens is 360 g/mol. The summed E-state index contributed by atoms with van der Waals surface area (Å²) < 4.78 is 16.3. The van der Waals surface area contributed by atoms with Crippen molar-refractivity contribution in [2.45, 2.75) is 26.0 Å². The smallest absolute Gasteiger partial charge is 0.268 e. The zero-order chi connectivity index (χ0) is 20.1. The highest BCUT2D eigenvalue weighted by atomic mass is 16.5. The van der Waals surface area contributed by atoms with Crippen LogP contribution in [-0.4, -0.2) is 38.7 Å². The van der Waals surface area contributed by atoms with Crippen molar-refractivity contribution >= 4 is 17.5 Å². The highest BCUT2D eigenvalue weighted by Crippen LogP contribution is 2.34. The number of rotatable bonds is 7. The Morgan fingerprint density at radius 2 is 1.96 bits per heavy atom. The Hall–Kier alpha value is -3.22. The molecule has 0 unspecified atom stereocenters. The Morgan fingerprint density at radius 3 is 2.68 bits per heavy atom. The SMILES string of the molecule is CC[C@H]1Oc2ccccc2N(CC(=O)NCc2cc(OC)ccc2OC)C1=O. The first-order valence-corrected chi connectivity index (χ1v) is 9.12. The number of fused-ring (bicyclic) bond motifs is 1. The summed E-state index contributed by atoms with van der Waals surface area (Å²) in [6.45, 7) is 2.06. The number of para-hydroxylation sites is 2. The van der Waals surface area contributed by atoms with Crippen LogP contribution >= 0.6 is 0 Å². The second-order valence-electron chi connectivity index (χ2n) is 6.36. The van der Waals surface area contributed by atoms with E-state index < -0.39 is 6.10 Å². The Bertz CT molecular complexity index is 868. The van der Waals surface area contributed by atoms with Crippen LogP contribution in [0, 0.1) is 0 Å². The van der Waals surface area contributed by atoms with Crippen molar-refractivity contribution in [3.8, 4) is 17.2 Å². The molecule has 1 atom stereocenters. The van der Waals surface area contributed by atoms with Gasteiger partial charge in [0, 0.05) is 12.1 Å². The van der Waals surface area contributed by atoms with Crippen molar-refractivity contribution in [3.05, 3.63) is 48.0 Å². The fourth-order valence-electron chi connectivity index (χ4n) is 3.11. The zero-order valence-electron chi connectivity index (χ0n) is 16.2. The molecule has 1 aliphatic heterocycles. The molecule has 148 valence electrons. The fraction of sp³-hybridized carbons (Fsp3) is 0.333. The van der Waals surface area contributed by atoms with Gasteiger partial charge in [-0.05, 0) is 36.8 Å². The van der Waals surface area contributed by atoms with Gasteiger partial charge in [0.1, 0.15) is 23.8 Å². The van der Waals surface area contributed by atoms with Crippen molar-refractivity contribution in [2.24, 2.45) is 0 Å². The summed E-state index contributed by atoms with van der Waals surface area (Å²) in [7, 11) is 3.15. The number of hydrogen-bond donors (Lipinski definition) is 1. The van der Waals surface area contributed by atoms with Gasteiger partial charge in [-0.2, -0.15) is 0 Å². The van der Waals surface area contributed by atoms with Gasteiger partial charge in [0.25, 0.3) is 5.91 Å². The van der Waals surface area contributed by atoms with Gasteiger partial charge in [0.05, 0.1) is 19.9 Å². The molecule has 0 saturated carbocycles. The van der Waals surface area contributed by atoms with Crippen molar-refractivity contribution in [1.29, 1.82) is 0 Å². The van der Waals surface area contributed by atoms with E-state index in [2.05, 4.69) is 5.32 Å². The number of nitrogens with zero attached hydrogens (tertiary/aromatic N) is 1. The number of ether oxygens (including phenoxy) is 3. The van der Waals surface area contributed by atoms with E-state index >= 15 is 0 Å². The molecule has 2 amide bonds. The zero-order valence-corrected chi connectivity index (χ0v) is 16.2. The lowest BCUT2D eigenvalue weighted by Gasteiger charge is -2.33. The number of amides is 2. The van der Waals surface area contributed by atoms with Gasteiger partial charge in [-0.25, -0.2) is 0 Å². The number of carbonyl (C=O) groups is 2. The molecule has 0 aromatic heterocycles. The third-order valence-corrected chi connectivity index (χ3v) is 4.60. The topological polar surface area (TPSA) is 77.1 Å². The third-order valence-electron chi connectivity index (χ3n) is 4.60. The number of hydrogen-bond acceptors (Lipinski definition) is 5. The van der Waals surface area contributed by atoms with Crippen LogP contribution in [0.5, 0.6) is 17.2 Å². The third kappa shape index (κ3) is 4.03. The molecule has 0 fully saturated rings.